The van der Waals surface area contributed by atoms with Crippen LogP contribution in [0.15, 0.2) is 18.2 Å². The number of nitrogen functional groups attached to an aromatic ring is 1. The highest BCUT2D eigenvalue weighted by Crippen LogP contribution is 2.24. The van der Waals surface area contributed by atoms with Gasteiger partial charge < -0.3 is 10.5 Å². The first-order valence-electron chi connectivity index (χ1n) is 5.50. The summed E-state index contributed by atoms with van der Waals surface area (Å²) in [6.45, 7) is 3.25. The predicted molar refractivity (Wildman–Crippen MR) is 69.2 cm³/mol. The molecule has 1 aromatic heterocycles. The zero-order valence-electron chi connectivity index (χ0n) is 9.61. The Morgan fingerprint density at radius 1 is 1.35 bits per heavy atom. The Bertz CT molecular complexity index is 530. The number of anilines is 1. The minimum absolute atomic E-state index is 0.245. The Morgan fingerprint density at radius 3 is 2.94 bits per heavy atom. The van der Waals surface area contributed by atoms with Gasteiger partial charge in [0.25, 0.3) is 0 Å². The normalized spacial score (nSPS) is 10.9. The summed E-state index contributed by atoms with van der Waals surface area (Å²) in [5, 5.41) is 1.12. The first-order valence-corrected chi connectivity index (χ1v) is 5.88. The first-order chi connectivity index (χ1) is 8.22. The van der Waals surface area contributed by atoms with Gasteiger partial charge in [0.15, 0.2) is 0 Å². The third kappa shape index (κ3) is 2.65. The Morgan fingerprint density at radius 2 is 2.18 bits per heavy atom. The summed E-state index contributed by atoms with van der Waals surface area (Å²) in [5.74, 6) is 0. The van der Waals surface area contributed by atoms with Gasteiger partial charge in [-0.2, -0.15) is 0 Å². The van der Waals surface area contributed by atoms with Gasteiger partial charge in [0.2, 0.25) is 5.28 Å². The van der Waals surface area contributed by atoms with Crippen molar-refractivity contribution >= 4 is 28.2 Å². The highest BCUT2D eigenvalue weighted by molar-refractivity contribution is 6.28. The maximum Gasteiger partial charge on any atom is 0.223 e. The van der Waals surface area contributed by atoms with E-state index in [0.717, 1.165) is 16.6 Å². The molecule has 4 nitrogen and oxygen atoms in total. The maximum atomic E-state index is 5.95. The third-order valence-electron chi connectivity index (χ3n) is 2.49. The molecule has 1 heterocycles. The molecule has 2 aromatic rings. The molecule has 2 rings (SSSR count). The highest BCUT2D eigenvalue weighted by atomic mass is 35.5. The number of rotatable bonds is 4. The second-order valence-electron chi connectivity index (χ2n) is 3.63. The van der Waals surface area contributed by atoms with Crippen molar-refractivity contribution in [3.63, 3.8) is 0 Å². The summed E-state index contributed by atoms with van der Waals surface area (Å²) in [6.07, 6.45) is 0.681. The van der Waals surface area contributed by atoms with E-state index in [1.54, 1.807) is 0 Å². The molecule has 0 spiro atoms. The molecule has 0 atom stereocenters. The zero-order chi connectivity index (χ0) is 12.3. The molecule has 0 radical (unpaired) electrons. The molecule has 0 aliphatic rings. The number of nitrogens with zero attached hydrogens (tertiary/aromatic N) is 2. The molecular formula is C12H14ClN3O. The van der Waals surface area contributed by atoms with Gasteiger partial charge >= 0.3 is 0 Å². The van der Waals surface area contributed by atoms with Gasteiger partial charge in [0.1, 0.15) is 0 Å². The number of fused-ring (bicyclic) bond motifs is 1. The molecule has 90 valence electrons. The summed E-state index contributed by atoms with van der Waals surface area (Å²) in [5.41, 5.74) is 8.23. The monoisotopic (exact) mass is 251 g/mol. The molecule has 0 saturated heterocycles. The van der Waals surface area contributed by atoms with Crippen molar-refractivity contribution in [3.8, 4) is 0 Å². The number of halogens is 1. The second kappa shape index (κ2) is 5.29. The maximum absolute atomic E-state index is 5.95. The summed E-state index contributed by atoms with van der Waals surface area (Å²) >= 11 is 5.89. The van der Waals surface area contributed by atoms with E-state index in [2.05, 4.69) is 9.97 Å². The largest absolute Gasteiger partial charge is 0.398 e. The van der Waals surface area contributed by atoms with Gasteiger partial charge in [-0.05, 0) is 30.7 Å². The van der Waals surface area contributed by atoms with Crippen molar-refractivity contribution in [2.75, 3.05) is 18.9 Å². The van der Waals surface area contributed by atoms with Crippen molar-refractivity contribution in [2.24, 2.45) is 0 Å². The lowest BCUT2D eigenvalue weighted by atomic mass is 10.1. The van der Waals surface area contributed by atoms with Crippen molar-refractivity contribution in [1.29, 1.82) is 0 Å². The lowest BCUT2D eigenvalue weighted by Crippen LogP contribution is -2.03. The summed E-state index contributed by atoms with van der Waals surface area (Å²) in [4.78, 5) is 8.39. The van der Waals surface area contributed by atoms with E-state index in [-0.39, 0.29) is 5.28 Å². The van der Waals surface area contributed by atoms with Crippen LogP contribution in [0.2, 0.25) is 5.28 Å². The van der Waals surface area contributed by atoms with E-state index in [0.29, 0.717) is 25.3 Å². The Hall–Kier alpha value is -1.39. The number of hydrogen-bond donors (Lipinski definition) is 1. The topological polar surface area (TPSA) is 61.0 Å². The average Bonchev–Trinajstić information content (AvgIpc) is 2.28. The van der Waals surface area contributed by atoms with Crippen LogP contribution in [0.1, 0.15) is 12.6 Å². The van der Waals surface area contributed by atoms with E-state index in [4.69, 9.17) is 22.1 Å². The van der Waals surface area contributed by atoms with E-state index in [1.165, 1.54) is 0 Å². The minimum atomic E-state index is 0.245. The summed E-state index contributed by atoms with van der Waals surface area (Å²) in [7, 11) is 0. The van der Waals surface area contributed by atoms with E-state index in [1.807, 2.05) is 25.1 Å². The van der Waals surface area contributed by atoms with E-state index >= 15 is 0 Å². The van der Waals surface area contributed by atoms with Gasteiger partial charge in [-0.1, -0.05) is 6.07 Å². The van der Waals surface area contributed by atoms with E-state index < -0.39 is 0 Å². The Kier molecular flexibility index (Phi) is 3.76. The summed E-state index contributed by atoms with van der Waals surface area (Å²) in [6, 6.07) is 5.57. The van der Waals surface area contributed by atoms with Gasteiger partial charge in [-0.15, -0.1) is 0 Å². The van der Waals surface area contributed by atoms with Crippen molar-refractivity contribution in [1.82, 2.24) is 9.97 Å². The van der Waals surface area contributed by atoms with Crippen LogP contribution >= 0.6 is 11.6 Å². The van der Waals surface area contributed by atoms with Gasteiger partial charge in [-0.25, -0.2) is 9.97 Å². The quantitative estimate of drug-likeness (QED) is 0.515. The zero-order valence-corrected chi connectivity index (χ0v) is 10.4. The third-order valence-corrected chi connectivity index (χ3v) is 2.66. The van der Waals surface area contributed by atoms with Crippen molar-refractivity contribution in [3.05, 3.63) is 29.2 Å². The summed E-state index contributed by atoms with van der Waals surface area (Å²) < 4.78 is 5.32. The number of nitrogens with two attached hydrogens (primary N) is 1. The molecule has 5 heteroatoms. The first kappa shape index (κ1) is 12.1. The van der Waals surface area contributed by atoms with Crippen LogP contribution in [-0.4, -0.2) is 23.2 Å². The van der Waals surface area contributed by atoms with Crippen LogP contribution in [0.5, 0.6) is 0 Å². The minimum Gasteiger partial charge on any atom is -0.398 e. The lowest BCUT2D eigenvalue weighted by Gasteiger charge is -2.08. The number of ether oxygens (including phenoxy) is 1. The Labute approximate surface area is 105 Å². The van der Waals surface area contributed by atoms with Crippen LogP contribution in [0.25, 0.3) is 10.9 Å². The van der Waals surface area contributed by atoms with Crippen LogP contribution < -0.4 is 5.73 Å². The van der Waals surface area contributed by atoms with Gasteiger partial charge in [0.05, 0.1) is 17.8 Å². The number of hydrogen-bond acceptors (Lipinski definition) is 4. The van der Waals surface area contributed by atoms with Crippen LogP contribution in [0, 0.1) is 0 Å². The molecule has 0 aliphatic carbocycles. The van der Waals surface area contributed by atoms with Crippen LogP contribution in [-0.2, 0) is 11.2 Å². The fourth-order valence-electron chi connectivity index (χ4n) is 1.75. The molecule has 0 aliphatic heterocycles. The molecule has 0 saturated carbocycles. The van der Waals surface area contributed by atoms with Gasteiger partial charge in [-0.3, -0.25) is 0 Å². The van der Waals surface area contributed by atoms with Crippen molar-refractivity contribution < 1.29 is 4.74 Å². The molecular weight excluding hydrogens is 238 g/mol. The molecule has 0 amide bonds. The molecule has 0 unspecified atom stereocenters. The molecule has 2 N–H and O–H groups in total. The van der Waals surface area contributed by atoms with E-state index in [9.17, 15) is 0 Å². The SMILES string of the molecule is CCOCCc1nc(Cl)nc2cccc(N)c12. The molecule has 0 fully saturated rings. The second-order valence-corrected chi connectivity index (χ2v) is 3.97. The Balaban J connectivity index is 2.45. The standard InChI is InChI=1S/C12H14ClN3O/c1-2-17-7-6-10-11-8(14)4-3-5-9(11)15-12(13)16-10/h3-5H,2,6-7,14H2,1H3. The average molecular weight is 252 g/mol. The van der Waals surface area contributed by atoms with Crippen LogP contribution in [0.3, 0.4) is 0 Å². The highest BCUT2D eigenvalue weighted by Gasteiger charge is 2.09. The smallest absolute Gasteiger partial charge is 0.223 e. The molecule has 1 aromatic carbocycles. The van der Waals surface area contributed by atoms with Crippen LogP contribution in [0.4, 0.5) is 5.69 Å². The molecule has 0 bridgehead atoms. The number of benzene rings is 1. The predicted octanol–water partition coefficient (Wildman–Crippen LogP) is 2.44. The van der Waals surface area contributed by atoms with Gasteiger partial charge in [0, 0.05) is 24.1 Å². The molecule has 17 heavy (non-hydrogen) atoms. The number of aromatic nitrogens is 2. The fraction of sp³-hybridized carbons (Fsp3) is 0.333. The van der Waals surface area contributed by atoms with Crippen molar-refractivity contribution in [2.45, 2.75) is 13.3 Å². The fourth-order valence-corrected chi connectivity index (χ4v) is 1.94. The lowest BCUT2D eigenvalue weighted by molar-refractivity contribution is 0.150.